The summed E-state index contributed by atoms with van der Waals surface area (Å²) in [5.41, 5.74) is 0.615. The number of ether oxygens (including phenoxy) is 1. The number of nitrogens with zero attached hydrogens (tertiary/aromatic N) is 2. The predicted octanol–water partition coefficient (Wildman–Crippen LogP) is 4.47. The second-order valence-corrected chi connectivity index (χ2v) is 5.26. The van der Waals surface area contributed by atoms with Crippen LogP contribution < -0.4 is 10.1 Å². The number of hydrogen-bond donors (Lipinski definition) is 1. The van der Waals surface area contributed by atoms with Gasteiger partial charge in [0.1, 0.15) is 16.2 Å². The first-order chi connectivity index (χ1) is 10.1. The molecule has 0 saturated carbocycles. The van der Waals surface area contributed by atoms with Crippen molar-refractivity contribution in [3.05, 3.63) is 40.5 Å². The third-order valence-corrected chi connectivity index (χ3v) is 3.13. The largest absolute Gasteiger partial charge is 0.491 e. The number of halogens is 2. The molecule has 6 heteroatoms. The second kappa shape index (κ2) is 7.36. The molecule has 2 aromatic rings. The molecule has 0 bridgehead atoms. The first-order valence-electron chi connectivity index (χ1n) is 6.85. The van der Waals surface area contributed by atoms with Gasteiger partial charge in [-0.25, -0.2) is 14.4 Å². The van der Waals surface area contributed by atoms with Crippen LogP contribution in [0, 0.1) is 5.82 Å². The number of benzene rings is 1. The zero-order valence-corrected chi connectivity index (χ0v) is 13.6. The fraction of sp³-hybridized carbons (Fsp3) is 0.333. The highest BCUT2D eigenvalue weighted by Gasteiger charge is 2.07. The highest BCUT2D eigenvalue weighted by Crippen LogP contribution is 2.24. The fourth-order valence-electron chi connectivity index (χ4n) is 1.86. The summed E-state index contributed by atoms with van der Waals surface area (Å²) in [6.45, 7) is 4.32. The summed E-state index contributed by atoms with van der Waals surface area (Å²) in [6, 6.07) is 6.50. The van der Waals surface area contributed by atoms with E-state index in [0.717, 1.165) is 18.7 Å². The summed E-state index contributed by atoms with van der Waals surface area (Å²) in [5.74, 6) is 1.23. The Morgan fingerprint density at radius 3 is 2.71 bits per heavy atom. The zero-order valence-electron chi connectivity index (χ0n) is 12.0. The molecule has 1 aromatic heterocycles. The molecule has 0 aliphatic heterocycles. The van der Waals surface area contributed by atoms with E-state index < -0.39 is 5.82 Å². The number of aromatic nitrogens is 2. The lowest BCUT2D eigenvalue weighted by Crippen LogP contribution is -2.01. The minimum Gasteiger partial charge on any atom is -0.491 e. The number of aryl methyl sites for hydroxylation is 1. The third kappa shape index (κ3) is 4.39. The molecule has 0 atom stereocenters. The molecule has 21 heavy (non-hydrogen) atoms. The number of nitrogens with one attached hydrogen (secondary N) is 1. The van der Waals surface area contributed by atoms with Gasteiger partial charge in [0, 0.05) is 24.2 Å². The highest BCUT2D eigenvalue weighted by molar-refractivity contribution is 9.10. The van der Waals surface area contributed by atoms with Gasteiger partial charge in [0.05, 0.1) is 6.61 Å². The highest BCUT2D eigenvalue weighted by atomic mass is 79.9. The average Bonchev–Trinajstić information content (AvgIpc) is 2.42. The summed E-state index contributed by atoms with van der Waals surface area (Å²) >= 11 is 3.36. The van der Waals surface area contributed by atoms with E-state index in [-0.39, 0.29) is 5.75 Å². The molecule has 2 rings (SSSR count). The monoisotopic (exact) mass is 353 g/mol. The van der Waals surface area contributed by atoms with Gasteiger partial charge in [0.15, 0.2) is 11.6 Å². The molecule has 0 fully saturated rings. The Bertz CT molecular complexity index is 622. The van der Waals surface area contributed by atoms with Crippen molar-refractivity contribution in [3.63, 3.8) is 0 Å². The van der Waals surface area contributed by atoms with Gasteiger partial charge in [-0.3, -0.25) is 0 Å². The van der Waals surface area contributed by atoms with Gasteiger partial charge in [0.2, 0.25) is 0 Å². The minimum atomic E-state index is -0.399. The third-order valence-electron chi connectivity index (χ3n) is 2.72. The van der Waals surface area contributed by atoms with Gasteiger partial charge >= 0.3 is 0 Å². The smallest absolute Gasteiger partial charge is 0.167 e. The van der Waals surface area contributed by atoms with Crippen LogP contribution in [0.5, 0.6) is 5.75 Å². The maximum absolute atomic E-state index is 13.8. The molecule has 112 valence electrons. The van der Waals surface area contributed by atoms with Gasteiger partial charge in [-0.05, 0) is 41.4 Å². The Labute approximate surface area is 131 Å². The van der Waals surface area contributed by atoms with Crippen LogP contribution in [0.15, 0.2) is 28.9 Å². The van der Waals surface area contributed by atoms with Crippen LogP contribution in [0.25, 0.3) is 0 Å². The Balaban J connectivity index is 2.19. The minimum absolute atomic E-state index is 0.249. The quantitative estimate of drug-likeness (QED) is 0.778. The van der Waals surface area contributed by atoms with Crippen molar-refractivity contribution in [2.45, 2.75) is 26.7 Å². The number of hydrogen-bond acceptors (Lipinski definition) is 4. The van der Waals surface area contributed by atoms with Gasteiger partial charge in [0.25, 0.3) is 0 Å². The Morgan fingerprint density at radius 1 is 1.24 bits per heavy atom. The van der Waals surface area contributed by atoms with Crippen molar-refractivity contribution < 1.29 is 9.13 Å². The van der Waals surface area contributed by atoms with Crippen molar-refractivity contribution in [1.29, 1.82) is 0 Å². The molecule has 0 spiro atoms. The van der Waals surface area contributed by atoms with Crippen LogP contribution in [-0.4, -0.2) is 16.6 Å². The van der Waals surface area contributed by atoms with Crippen molar-refractivity contribution in [1.82, 2.24) is 9.97 Å². The Kier molecular flexibility index (Phi) is 5.50. The lowest BCUT2D eigenvalue weighted by Gasteiger charge is -2.10. The van der Waals surface area contributed by atoms with Crippen LogP contribution >= 0.6 is 15.9 Å². The number of anilines is 2. The van der Waals surface area contributed by atoms with E-state index >= 15 is 0 Å². The standard InChI is InChI=1S/C15H17BrFN3O/c1-3-5-14-19-13(16)9-15(20-14)18-10-6-7-12(21-4-2)11(17)8-10/h6-9H,3-5H2,1-2H3,(H,18,19,20). The van der Waals surface area contributed by atoms with E-state index in [9.17, 15) is 4.39 Å². The number of rotatable bonds is 6. The van der Waals surface area contributed by atoms with Crippen LogP contribution in [-0.2, 0) is 6.42 Å². The molecular weight excluding hydrogens is 337 g/mol. The lowest BCUT2D eigenvalue weighted by atomic mass is 10.3. The topological polar surface area (TPSA) is 47.0 Å². The Morgan fingerprint density at radius 2 is 2.05 bits per heavy atom. The van der Waals surface area contributed by atoms with Crippen LogP contribution in [0.3, 0.4) is 0 Å². The maximum atomic E-state index is 13.8. The van der Waals surface area contributed by atoms with E-state index in [1.165, 1.54) is 6.07 Å². The normalized spacial score (nSPS) is 10.5. The molecule has 1 N–H and O–H groups in total. The van der Waals surface area contributed by atoms with Crippen molar-refractivity contribution in [2.75, 3.05) is 11.9 Å². The van der Waals surface area contributed by atoms with E-state index in [1.54, 1.807) is 18.2 Å². The van der Waals surface area contributed by atoms with Crippen LogP contribution in [0.4, 0.5) is 15.9 Å². The van der Waals surface area contributed by atoms with Gasteiger partial charge in [-0.1, -0.05) is 6.92 Å². The molecule has 1 aromatic carbocycles. The molecular formula is C15H17BrFN3O. The average molecular weight is 354 g/mol. The van der Waals surface area contributed by atoms with E-state index in [1.807, 2.05) is 6.92 Å². The molecule has 0 saturated heterocycles. The summed E-state index contributed by atoms with van der Waals surface area (Å²) in [7, 11) is 0. The van der Waals surface area contributed by atoms with Gasteiger partial charge in [-0.2, -0.15) is 0 Å². The molecule has 0 amide bonds. The van der Waals surface area contributed by atoms with Crippen molar-refractivity contribution in [3.8, 4) is 5.75 Å². The van der Waals surface area contributed by atoms with Crippen molar-refractivity contribution >= 4 is 27.4 Å². The summed E-state index contributed by atoms with van der Waals surface area (Å²) in [4.78, 5) is 8.69. The van der Waals surface area contributed by atoms with Crippen LogP contribution in [0.1, 0.15) is 26.1 Å². The second-order valence-electron chi connectivity index (χ2n) is 4.45. The summed E-state index contributed by atoms with van der Waals surface area (Å²) in [6.07, 6.45) is 1.76. The van der Waals surface area contributed by atoms with Gasteiger partial charge < -0.3 is 10.1 Å². The van der Waals surface area contributed by atoms with E-state index in [4.69, 9.17) is 4.74 Å². The Hall–Kier alpha value is -1.69. The van der Waals surface area contributed by atoms with Gasteiger partial charge in [-0.15, -0.1) is 0 Å². The first-order valence-corrected chi connectivity index (χ1v) is 7.64. The molecule has 0 radical (unpaired) electrons. The maximum Gasteiger partial charge on any atom is 0.167 e. The fourth-order valence-corrected chi connectivity index (χ4v) is 2.28. The van der Waals surface area contributed by atoms with E-state index in [0.29, 0.717) is 22.7 Å². The SMILES string of the molecule is CCCc1nc(Br)cc(Nc2ccc(OCC)c(F)c2)n1. The first kappa shape index (κ1) is 15.7. The van der Waals surface area contributed by atoms with E-state index in [2.05, 4.69) is 38.1 Å². The zero-order chi connectivity index (χ0) is 15.2. The molecule has 4 nitrogen and oxygen atoms in total. The molecule has 1 heterocycles. The predicted molar refractivity (Wildman–Crippen MR) is 84.6 cm³/mol. The molecule has 0 aliphatic carbocycles. The van der Waals surface area contributed by atoms with Crippen LogP contribution in [0.2, 0.25) is 0 Å². The summed E-state index contributed by atoms with van der Waals surface area (Å²) in [5, 5.41) is 3.08. The summed E-state index contributed by atoms with van der Waals surface area (Å²) < 4.78 is 19.7. The molecule has 0 unspecified atom stereocenters. The van der Waals surface area contributed by atoms with Crippen molar-refractivity contribution in [2.24, 2.45) is 0 Å². The lowest BCUT2D eigenvalue weighted by molar-refractivity contribution is 0.321. The molecule has 0 aliphatic rings.